The van der Waals surface area contributed by atoms with Crippen LogP contribution in [0.1, 0.15) is 38.7 Å². The minimum Gasteiger partial charge on any atom is -0.340 e. The lowest BCUT2D eigenvalue weighted by Gasteiger charge is -2.37. The van der Waals surface area contributed by atoms with E-state index in [2.05, 4.69) is 6.92 Å². The lowest BCUT2D eigenvalue weighted by Crippen LogP contribution is -2.48. The van der Waals surface area contributed by atoms with E-state index in [4.69, 9.17) is 5.73 Å². The Bertz CT molecular complexity index is 491. The molecule has 0 saturated carbocycles. The molecule has 4 heteroatoms. The van der Waals surface area contributed by atoms with E-state index < -0.39 is 0 Å². The summed E-state index contributed by atoms with van der Waals surface area (Å²) in [7, 11) is 0. The fourth-order valence-electron chi connectivity index (χ4n) is 3.13. The monoisotopic (exact) mass is 292 g/mol. The van der Waals surface area contributed by atoms with Gasteiger partial charge in [0.2, 0.25) is 5.91 Å². The second kappa shape index (κ2) is 7.03. The van der Waals surface area contributed by atoms with Crippen molar-refractivity contribution in [3.63, 3.8) is 0 Å². The molecule has 0 unspecified atom stereocenters. The normalized spacial score (nSPS) is 23.9. The molecule has 0 spiro atoms. The number of nitrogens with zero attached hydrogens (tertiary/aromatic N) is 1. The Kier molecular flexibility index (Phi) is 5.34. The van der Waals surface area contributed by atoms with Crippen LogP contribution in [0.5, 0.6) is 0 Å². The average molecular weight is 292 g/mol. The number of hydrogen-bond acceptors (Lipinski definition) is 2. The van der Waals surface area contributed by atoms with Crippen LogP contribution >= 0.6 is 0 Å². The Labute approximate surface area is 126 Å². The summed E-state index contributed by atoms with van der Waals surface area (Å²) in [5.41, 5.74) is 6.88. The standard InChI is InChI=1S/C17H25FN2O/c1-12(8-14-4-3-5-15(18)11-14)9-17(21)20-7-6-16(19)10-13(20)2/h3-5,11-13,16H,6-10,19H2,1-2H3/t12-,13-,16+/m0/s1. The number of carbonyl (C=O) groups is 1. The van der Waals surface area contributed by atoms with E-state index in [9.17, 15) is 9.18 Å². The Hall–Kier alpha value is -1.42. The van der Waals surface area contributed by atoms with Gasteiger partial charge in [-0.25, -0.2) is 4.39 Å². The van der Waals surface area contributed by atoms with Gasteiger partial charge in [-0.1, -0.05) is 19.1 Å². The summed E-state index contributed by atoms with van der Waals surface area (Å²) < 4.78 is 13.2. The summed E-state index contributed by atoms with van der Waals surface area (Å²) >= 11 is 0. The highest BCUT2D eigenvalue weighted by molar-refractivity contribution is 5.76. The molecule has 2 N–H and O–H groups in total. The van der Waals surface area contributed by atoms with E-state index >= 15 is 0 Å². The van der Waals surface area contributed by atoms with Gasteiger partial charge in [0.25, 0.3) is 0 Å². The van der Waals surface area contributed by atoms with Gasteiger partial charge in [0, 0.05) is 25.0 Å². The molecule has 1 aliphatic heterocycles. The first kappa shape index (κ1) is 16.0. The van der Waals surface area contributed by atoms with Crippen LogP contribution in [0.3, 0.4) is 0 Å². The number of likely N-dealkylation sites (tertiary alicyclic amines) is 1. The van der Waals surface area contributed by atoms with E-state index in [1.807, 2.05) is 17.9 Å². The van der Waals surface area contributed by atoms with Crippen molar-refractivity contribution in [3.05, 3.63) is 35.6 Å². The number of piperidine rings is 1. The summed E-state index contributed by atoms with van der Waals surface area (Å²) in [5, 5.41) is 0. The Morgan fingerprint density at radius 1 is 1.52 bits per heavy atom. The Morgan fingerprint density at radius 2 is 2.29 bits per heavy atom. The van der Waals surface area contributed by atoms with Gasteiger partial charge in [-0.3, -0.25) is 4.79 Å². The highest BCUT2D eigenvalue weighted by Crippen LogP contribution is 2.20. The first-order chi connectivity index (χ1) is 9.95. The quantitative estimate of drug-likeness (QED) is 0.927. The van der Waals surface area contributed by atoms with Crippen LogP contribution in [-0.2, 0) is 11.2 Å². The summed E-state index contributed by atoms with van der Waals surface area (Å²) in [6.07, 6.45) is 3.00. The number of hydrogen-bond donors (Lipinski definition) is 1. The minimum atomic E-state index is -0.218. The van der Waals surface area contributed by atoms with Crippen molar-refractivity contribution in [2.24, 2.45) is 11.7 Å². The van der Waals surface area contributed by atoms with Gasteiger partial charge in [0.15, 0.2) is 0 Å². The summed E-state index contributed by atoms with van der Waals surface area (Å²) in [6.45, 7) is 4.87. The third kappa shape index (κ3) is 4.53. The van der Waals surface area contributed by atoms with E-state index in [1.54, 1.807) is 12.1 Å². The molecule has 1 aliphatic rings. The van der Waals surface area contributed by atoms with Crippen molar-refractivity contribution in [2.45, 2.75) is 51.6 Å². The highest BCUT2D eigenvalue weighted by Gasteiger charge is 2.27. The number of amides is 1. The molecule has 116 valence electrons. The third-order valence-electron chi connectivity index (χ3n) is 4.23. The maximum atomic E-state index is 13.2. The van der Waals surface area contributed by atoms with Crippen LogP contribution in [0, 0.1) is 11.7 Å². The fourth-order valence-corrected chi connectivity index (χ4v) is 3.13. The number of nitrogens with two attached hydrogens (primary N) is 1. The Balaban J connectivity index is 1.87. The first-order valence-electron chi connectivity index (χ1n) is 7.75. The second-order valence-corrected chi connectivity index (χ2v) is 6.36. The fraction of sp³-hybridized carbons (Fsp3) is 0.588. The molecule has 0 aromatic heterocycles. The molecular formula is C17H25FN2O. The zero-order chi connectivity index (χ0) is 15.4. The van der Waals surface area contributed by atoms with Crippen LogP contribution in [-0.4, -0.2) is 29.4 Å². The zero-order valence-electron chi connectivity index (χ0n) is 12.9. The average Bonchev–Trinajstić information content (AvgIpc) is 2.38. The SMILES string of the molecule is C[C@H](CC(=O)N1CC[C@@H](N)C[C@@H]1C)Cc1cccc(F)c1. The van der Waals surface area contributed by atoms with E-state index in [1.165, 1.54) is 6.07 Å². The van der Waals surface area contributed by atoms with Crippen LogP contribution < -0.4 is 5.73 Å². The summed E-state index contributed by atoms with van der Waals surface area (Å²) in [4.78, 5) is 14.3. The molecule has 3 nitrogen and oxygen atoms in total. The van der Waals surface area contributed by atoms with Crippen molar-refractivity contribution in [3.8, 4) is 0 Å². The zero-order valence-corrected chi connectivity index (χ0v) is 12.9. The van der Waals surface area contributed by atoms with Gasteiger partial charge in [-0.2, -0.15) is 0 Å². The molecule has 0 bridgehead atoms. The molecular weight excluding hydrogens is 267 g/mol. The lowest BCUT2D eigenvalue weighted by molar-refractivity contribution is -0.135. The number of carbonyl (C=O) groups excluding carboxylic acids is 1. The van der Waals surface area contributed by atoms with Gasteiger partial charge >= 0.3 is 0 Å². The van der Waals surface area contributed by atoms with Gasteiger partial charge in [-0.05, 0) is 49.8 Å². The predicted octanol–water partition coefficient (Wildman–Crippen LogP) is 2.73. The molecule has 2 rings (SSSR count). The smallest absolute Gasteiger partial charge is 0.223 e. The molecule has 0 radical (unpaired) electrons. The van der Waals surface area contributed by atoms with E-state index in [0.29, 0.717) is 6.42 Å². The van der Waals surface area contributed by atoms with Crippen molar-refractivity contribution in [1.29, 1.82) is 0 Å². The molecule has 1 heterocycles. The summed E-state index contributed by atoms with van der Waals surface area (Å²) in [6, 6.07) is 7.05. The highest BCUT2D eigenvalue weighted by atomic mass is 19.1. The molecule has 1 saturated heterocycles. The molecule has 3 atom stereocenters. The molecule has 21 heavy (non-hydrogen) atoms. The molecule has 1 fully saturated rings. The van der Waals surface area contributed by atoms with Gasteiger partial charge in [-0.15, -0.1) is 0 Å². The maximum absolute atomic E-state index is 13.2. The van der Waals surface area contributed by atoms with Crippen LogP contribution in [0.25, 0.3) is 0 Å². The molecule has 1 aromatic rings. The molecule has 1 amide bonds. The minimum absolute atomic E-state index is 0.193. The van der Waals surface area contributed by atoms with E-state index in [-0.39, 0.29) is 29.7 Å². The largest absolute Gasteiger partial charge is 0.340 e. The van der Waals surface area contributed by atoms with E-state index in [0.717, 1.165) is 31.4 Å². The van der Waals surface area contributed by atoms with Crippen LogP contribution in [0.2, 0.25) is 0 Å². The van der Waals surface area contributed by atoms with Crippen molar-refractivity contribution >= 4 is 5.91 Å². The molecule has 0 aliphatic carbocycles. The number of halogens is 1. The van der Waals surface area contributed by atoms with Gasteiger partial charge in [0.05, 0.1) is 0 Å². The number of benzene rings is 1. The van der Waals surface area contributed by atoms with Crippen molar-refractivity contribution in [2.75, 3.05) is 6.54 Å². The van der Waals surface area contributed by atoms with Gasteiger partial charge < -0.3 is 10.6 Å². The Morgan fingerprint density at radius 3 is 2.95 bits per heavy atom. The van der Waals surface area contributed by atoms with Gasteiger partial charge in [0.1, 0.15) is 5.82 Å². The van der Waals surface area contributed by atoms with Crippen molar-refractivity contribution in [1.82, 2.24) is 4.90 Å². The first-order valence-corrected chi connectivity index (χ1v) is 7.75. The summed E-state index contributed by atoms with van der Waals surface area (Å²) in [5.74, 6) is 0.185. The molecule has 1 aromatic carbocycles. The van der Waals surface area contributed by atoms with Crippen molar-refractivity contribution < 1.29 is 9.18 Å². The maximum Gasteiger partial charge on any atom is 0.223 e. The third-order valence-corrected chi connectivity index (χ3v) is 4.23. The number of rotatable bonds is 4. The van der Waals surface area contributed by atoms with Crippen LogP contribution in [0.15, 0.2) is 24.3 Å². The van der Waals surface area contributed by atoms with Crippen LogP contribution in [0.4, 0.5) is 4.39 Å². The predicted molar refractivity (Wildman–Crippen MR) is 82.3 cm³/mol. The topological polar surface area (TPSA) is 46.3 Å². The second-order valence-electron chi connectivity index (χ2n) is 6.36. The lowest BCUT2D eigenvalue weighted by atomic mass is 9.95.